The van der Waals surface area contributed by atoms with Gasteiger partial charge in [-0.3, -0.25) is 4.90 Å². The number of nitrogens with zero attached hydrogens (tertiary/aromatic N) is 1. The second-order valence-electron chi connectivity index (χ2n) is 6.23. The molecule has 0 aromatic rings. The number of hydrogen-bond donors (Lipinski definition) is 1. The zero-order valence-electron chi connectivity index (χ0n) is 10.8. The van der Waals surface area contributed by atoms with Gasteiger partial charge in [0.2, 0.25) is 0 Å². The molecule has 16 heavy (non-hydrogen) atoms. The van der Waals surface area contributed by atoms with Crippen LogP contribution in [0.2, 0.25) is 0 Å². The molecule has 0 radical (unpaired) electrons. The van der Waals surface area contributed by atoms with E-state index in [9.17, 15) is 0 Å². The maximum absolute atomic E-state index is 6.06. The van der Waals surface area contributed by atoms with E-state index in [0.717, 1.165) is 32.6 Å². The number of ether oxygens (including phenoxy) is 1. The lowest BCUT2D eigenvalue weighted by molar-refractivity contribution is -0.0525. The highest BCUT2D eigenvalue weighted by Gasteiger charge is 2.41. The van der Waals surface area contributed by atoms with Crippen molar-refractivity contribution in [2.24, 2.45) is 11.1 Å². The summed E-state index contributed by atoms with van der Waals surface area (Å²) < 4.78 is 5.49. The van der Waals surface area contributed by atoms with Crippen molar-refractivity contribution in [3.63, 3.8) is 0 Å². The van der Waals surface area contributed by atoms with Crippen LogP contribution in [0.3, 0.4) is 0 Å². The summed E-state index contributed by atoms with van der Waals surface area (Å²) >= 11 is 0. The van der Waals surface area contributed by atoms with E-state index in [1.807, 2.05) is 0 Å². The van der Waals surface area contributed by atoms with E-state index in [0.29, 0.717) is 5.41 Å². The van der Waals surface area contributed by atoms with Gasteiger partial charge in [0.25, 0.3) is 0 Å². The molecule has 0 amide bonds. The number of piperidine rings is 1. The summed E-state index contributed by atoms with van der Waals surface area (Å²) in [5, 5.41) is 0. The maximum atomic E-state index is 6.06. The molecular weight excluding hydrogens is 200 g/mol. The van der Waals surface area contributed by atoms with Crippen LogP contribution in [0.5, 0.6) is 0 Å². The van der Waals surface area contributed by atoms with E-state index in [1.165, 1.54) is 25.9 Å². The molecule has 2 saturated heterocycles. The number of nitrogens with two attached hydrogens (primary N) is 1. The molecule has 2 aliphatic rings. The lowest BCUT2D eigenvalue weighted by Crippen LogP contribution is -2.60. The Bertz CT molecular complexity index is 234. The minimum Gasteiger partial charge on any atom is -0.381 e. The third-order valence-corrected chi connectivity index (χ3v) is 4.37. The SMILES string of the molecule is CC1(C)CCCN(C2(CN)CCOCC2)C1. The van der Waals surface area contributed by atoms with Gasteiger partial charge in [0, 0.05) is 31.8 Å². The zero-order valence-corrected chi connectivity index (χ0v) is 10.8. The van der Waals surface area contributed by atoms with Crippen LogP contribution in [0, 0.1) is 5.41 Å². The third-order valence-electron chi connectivity index (χ3n) is 4.37. The molecule has 2 aliphatic heterocycles. The number of likely N-dealkylation sites (tertiary alicyclic amines) is 1. The van der Waals surface area contributed by atoms with Crippen molar-refractivity contribution in [2.75, 3.05) is 32.8 Å². The Morgan fingerprint density at radius 1 is 1.19 bits per heavy atom. The van der Waals surface area contributed by atoms with Crippen LogP contribution in [0.25, 0.3) is 0 Å². The molecule has 2 fully saturated rings. The lowest BCUT2D eigenvalue weighted by Gasteiger charge is -2.51. The fourth-order valence-corrected chi connectivity index (χ4v) is 3.23. The molecule has 0 unspecified atom stereocenters. The number of hydrogen-bond acceptors (Lipinski definition) is 3. The molecular formula is C13H26N2O. The van der Waals surface area contributed by atoms with Gasteiger partial charge >= 0.3 is 0 Å². The zero-order chi connectivity index (χ0) is 11.6. The van der Waals surface area contributed by atoms with Crippen molar-refractivity contribution in [3.8, 4) is 0 Å². The van der Waals surface area contributed by atoms with Crippen molar-refractivity contribution in [2.45, 2.75) is 45.1 Å². The van der Waals surface area contributed by atoms with Gasteiger partial charge < -0.3 is 10.5 Å². The van der Waals surface area contributed by atoms with E-state index in [-0.39, 0.29) is 5.54 Å². The molecule has 0 aromatic heterocycles. The van der Waals surface area contributed by atoms with Crippen LogP contribution < -0.4 is 5.73 Å². The van der Waals surface area contributed by atoms with Crippen LogP contribution >= 0.6 is 0 Å². The number of rotatable bonds is 2. The molecule has 0 aromatic carbocycles. The van der Waals surface area contributed by atoms with Gasteiger partial charge in [-0.05, 0) is 37.6 Å². The highest BCUT2D eigenvalue weighted by Crippen LogP contribution is 2.36. The summed E-state index contributed by atoms with van der Waals surface area (Å²) in [6.07, 6.45) is 4.88. The molecule has 94 valence electrons. The topological polar surface area (TPSA) is 38.5 Å². The van der Waals surface area contributed by atoms with E-state index in [1.54, 1.807) is 0 Å². The molecule has 0 atom stereocenters. The molecule has 0 spiro atoms. The standard InChI is InChI=1S/C13H26N2O/c1-12(2)4-3-7-15(11-12)13(10-14)5-8-16-9-6-13/h3-11,14H2,1-2H3. The van der Waals surface area contributed by atoms with Crippen LogP contribution in [0.15, 0.2) is 0 Å². The molecule has 2 heterocycles. The lowest BCUT2D eigenvalue weighted by atomic mass is 9.79. The smallest absolute Gasteiger partial charge is 0.0484 e. The summed E-state index contributed by atoms with van der Waals surface area (Å²) in [5.74, 6) is 0. The van der Waals surface area contributed by atoms with Crippen LogP contribution in [-0.2, 0) is 4.74 Å². The van der Waals surface area contributed by atoms with Crippen LogP contribution in [0.4, 0.5) is 0 Å². The van der Waals surface area contributed by atoms with E-state index in [4.69, 9.17) is 10.5 Å². The predicted molar refractivity (Wildman–Crippen MR) is 66.4 cm³/mol. The van der Waals surface area contributed by atoms with Gasteiger partial charge in [-0.2, -0.15) is 0 Å². The third kappa shape index (κ3) is 2.41. The minimum atomic E-state index is 0.232. The van der Waals surface area contributed by atoms with Gasteiger partial charge in [0.1, 0.15) is 0 Å². The van der Waals surface area contributed by atoms with Gasteiger partial charge in [0.05, 0.1) is 0 Å². The Kier molecular flexibility index (Phi) is 3.57. The molecule has 0 saturated carbocycles. The highest BCUT2D eigenvalue weighted by atomic mass is 16.5. The molecule has 3 heteroatoms. The summed E-state index contributed by atoms with van der Waals surface area (Å²) in [7, 11) is 0. The second kappa shape index (κ2) is 4.63. The molecule has 0 aliphatic carbocycles. The van der Waals surface area contributed by atoms with Gasteiger partial charge in [0.15, 0.2) is 0 Å². The van der Waals surface area contributed by atoms with E-state index in [2.05, 4.69) is 18.7 Å². The first-order chi connectivity index (χ1) is 7.58. The predicted octanol–water partition coefficient (Wildman–Crippen LogP) is 1.62. The summed E-state index contributed by atoms with van der Waals surface area (Å²) in [6.45, 7) is 9.73. The quantitative estimate of drug-likeness (QED) is 0.777. The van der Waals surface area contributed by atoms with Gasteiger partial charge in [-0.1, -0.05) is 13.8 Å². The molecule has 3 nitrogen and oxygen atoms in total. The van der Waals surface area contributed by atoms with Crippen molar-refractivity contribution in [1.82, 2.24) is 4.90 Å². The van der Waals surface area contributed by atoms with Crippen molar-refractivity contribution >= 4 is 0 Å². The van der Waals surface area contributed by atoms with Crippen LogP contribution in [-0.4, -0.2) is 43.3 Å². The fourth-order valence-electron chi connectivity index (χ4n) is 3.23. The fraction of sp³-hybridized carbons (Fsp3) is 1.00. The van der Waals surface area contributed by atoms with E-state index < -0.39 is 0 Å². The monoisotopic (exact) mass is 226 g/mol. The average Bonchev–Trinajstić information content (AvgIpc) is 2.29. The normalized spacial score (nSPS) is 30.2. The average molecular weight is 226 g/mol. The Labute approximate surface area is 99.3 Å². The molecule has 0 bridgehead atoms. The summed E-state index contributed by atoms with van der Waals surface area (Å²) in [4.78, 5) is 2.65. The first-order valence-corrected chi connectivity index (χ1v) is 6.61. The molecule has 2 rings (SSSR count). The Morgan fingerprint density at radius 2 is 1.88 bits per heavy atom. The highest BCUT2D eigenvalue weighted by molar-refractivity contribution is 4.97. The maximum Gasteiger partial charge on any atom is 0.0484 e. The Balaban J connectivity index is 2.08. The summed E-state index contributed by atoms with van der Waals surface area (Å²) in [5.41, 5.74) is 6.75. The Hall–Kier alpha value is -0.120. The van der Waals surface area contributed by atoms with Crippen LogP contribution in [0.1, 0.15) is 39.5 Å². The molecule has 2 N–H and O–H groups in total. The first kappa shape index (κ1) is 12.3. The largest absolute Gasteiger partial charge is 0.381 e. The Morgan fingerprint density at radius 3 is 2.44 bits per heavy atom. The van der Waals surface area contributed by atoms with Crippen molar-refractivity contribution in [1.29, 1.82) is 0 Å². The van der Waals surface area contributed by atoms with E-state index >= 15 is 0 Å². The van der Waals surface area contributed by atoms with Gasteiger partial charge in [-0.15, -0.1) is 0 Å². The first-order valence-electron chi connectivity index (χ1n) is 6.61. The second-order valence-corrected chi connectivity index (χ2v) is 6.23. The minimum absolute atomic E-state index is 0.232. The summed E-state index contributed by atoms with van der Waals surface area (Å²) in [6, 6.07) is 0. The van der Waals surface area contributed by atoms with Crippen molar-refractivity contribution in [3.05, 3.63) is 0 Å². The van der Waals surface area contributed by atoms with Gasteiger partial charge in [-0.25, -0.2) is 0 Å². The van der Waals surface area contributed by atoms with Crippen molar-refractivity contribution < 1.29 is 4.74 Å².